The van der Waals surface area contributed by atoms with E-state index < -0.39 is 0 Å². The zero-order chi connectivity index (χ0) is 11.9. The van der Waals surface area contributed by atoms with Gasteiger partial charge in [0.2, 0.25) is 0 Å². The van der Waals surface area contributed by atoms with Crippen molar-refractivity contribution in [3.63, 3.8) is 0 Å². The third-order valence-corrected chi connectivity index (χ3v) is 3.17. The Morgan fingerprint density at radius 3 is 2.50 bits per heavy atom. The molecule has 1 heterocycles. The van der Waals surface area contributed by atoms with Crippen LogP contribution in [0, 0.1) is 6.92 Å². The minimum absolute atomic E-state index is 0.0884. The van der Waals surface area contributed by atoms with Gasteiger partial charge in [-0.2, -0.15) is 0 Å². The fourth-order valence-corrected chi connectivity index (χ4v) is 2.03. The van der Waals surface area contributed by atoms with Crippen LogP contribution in [-0.4, -0.2) is 4.98 Å². The van der Waals surface area contributed by atoms with Crippen LogP contribution >= 0.6 is 11.6 Å². The van der Waals surface area contributed by atoms with E-state index in [2.05, 4.69) is 50.0 Å². The van der Waals surface area contributed by atoms with E-state index in [0.29, 0.717) is 5.15 Å². The van der Waals surface area contributed by atoms with Gasteiger partial charge in [0.05, 0.1) is 5.52 Å². The first-order valence-corrected chi connectivity index (χ1v) is 5.84. The summed E-state index contributed by atoms with van der Waals surface area (Å²) in [5, 5.41) is 1.76. The summed E-state index contributed by atoms with van der Waals surface area (Å²) in [5.74, 6) is 0. The van der Waals surface area contributed by atoms with Gasteiger partial charge in [0.25, 0.3) is 0 Å². The standard InChI is InChI=1S/C14H16ClN/c1-9-8-10-6-5-7-11(14(2,3)4)12(10)16-13(9)15/h5-8H,1-4H3. The molecule has 0 aliphatic carbocycles. The van der Waals surface area contributed by atoms with Gasteiger partial charge in [-0.15, -0.1) is 0 Å². The van der Waals surface area contributed by atoms with Crippen LogP contribution in [0.1, 0.15) is 31.9 Å². The van der Waals surface area contributed by atoms with Crippen LogP contribution in [0.2, 0.25) is 5.15 Å². The Balaban J connectivity index is 2.82. The van der Waals surface area contributed by atoms with Crippen molar-refractivity contribution >= 4 is 22.5 Å². The summed E-state index contributed by atoms with van der Waals surface area (Å²) in [6.07, 6.45) is 0. The van der Waals surface area contributed by atoms with Gasteiger partial charge in [-0.3, -0.25) is 0 Å². The van der Waals surface area contributed by atoms with Crippen LogP contribution in [0.4, 0.5) is 0 Å². The minimum atomic E-state index is 0.0884. The van der Waals surface area contributed by atoms with Gasteiger partial charge in [-0.05, 0) is 29.5 Å². The zero-order valence-electron chi connectivity index (χ0n) is 10.1. The average Bonchev–Trinajstić information content (AvgIpc) is 2.17. The van der Waals surface area contributed by atoms with E-state index >= 15 is 0 Å². The molecular formula is C14H16ClN. The van der Waals surface area contributed by atoms with E-state index in [1.54, 1.807) is 0 Å². The van der Waals surface area contributed by atoms with Crippen molar-refractivity contribution in [2.75, 3.05) is 0 Å². The Kier molecular flexibility index (Phi) is 2.67. The highest BCUT2D eigenvalue weighted by atomic mass is 35.5. The number of para-hydroxylation sites is 1. The summed E-state index contributed by atoms with van der Waals surface area (Å²) in [4.78, 5) is 4.51. The molecule has 0 fully saturated rings. The molecule has 84 valence electrons. The second-order valence-electron chi connectivity index (χ2n) is 5.22. The Bertz CT molecular complexity index is 538. The Morgan fingerprint density at radius 1 is 1.19 bits per heavy atom. The maximum Gasteiger partial charge on any atom is 0.132 e. The normalized spacial score (nSPS) is 12.1. The molecule has 1 aromatic carbocycles. The SMILES string of the molecule is Cc1cc2cccc(C(C)(C)C)c2nc1Cl. The van der Waals surface area contributed by atoms with Crippen molar-refractivity contribution < 1.29 is 0 Å². The average molecular weight is 234 g/mol. The Labute approximate surface area is 101 Å². The highest BCUT2D eigenvalue weighted by Crippen LogP contribution is 2.30. The van der Waals surface area contributed by atoms with Crippen molar-refractivity contribution in [3.8, 4) is 0 Å². The van der Waals surface area contributed by atoms with Gasteiger partial charge >= 0.3 is 0 Å². The van der Waals surface area contributed by atoms with Crippen molar-refractivity contribution in [2.45, 2.75) is 33.1 Å². The lowest BCUT2D eigenvalue weighted by Crippen LogP contribution is -2.12. The van der Waals surface area contributed by atoms with Gasteiger partial charge < -0.3 is 0 Å². The molecule has 0 bridgehead atoms. The fraction of sp³-hybridized carbons (Fsp3) is 0.357. The first kappa shape index (κ1) is 11.4. The fourth-order valence-electron chi connectivity index (χ4n) is 1.89. The topological polar surface area (TPSA) is 12.9 Å². The number of pyridine rings is 1. The molecule has 0 amide bonds. The number of hydrogen-bond acceptors (Lipinski definition) is 1. The summed E-state index contributed by atoms with van der Waals surface area (Å²) in [6.45, 7) is 8.56. The largest absolute Gasteiger partial charge is 0.236 e. The van der Waals surface area contributed by atoms with E-state index in [1.807, 2.05) is 6.92 Å². The van der Waals surface area contributed by atoms with Gasteiger partial charge in [0.1, 0.15) is 5.15 Å². The molecule has 0 saturated heterocycles. The van der Waals surface area contributed by atoms with Gasteiger partial charge in [0.15, 0.2) is 0 Å². The van der Waals surface area contributed by atoms with Crippen LogP contribution in [0.3, 0.4) is 0 Å². The predicted octanol–water partition coefficient (Wildman–Crippen LogP) is 4.49. The Morgan fingerprint density at radius 2 is 1.88 bits per heavy atom. The smallest absolute Gasteiger partial charge is 0.132 e. The van der Waals surface area contributed by atoms with E-state index in [1.165, 1.54) is 5.56 Å². The molecule has 0 spiro atoms. The quantitative estimate of drug-likeness (QED) is 0.611. The van der Waals surface area contributed by atoms with E-state index in [4.69, 9.17) is 11.6 Å². The van der Waals surface area contributed by atoms with Crippen molar-refractivity contribution in [3.05, 3.63) is 40.5 Å². The summed E-state index contributed by atoms with van der Waals surface area (Å²) < 4.78 is 0. The molecule has 0 unspecified atom stereocenters. The lowest BCUT2D eigenvalue weighted by atomic mass is 9.85. The lowest BCUT2D eigenvalue weighted by molar-refractivity contribution is 0.594. The molecule has 0 N–H and O–H groups in total. The maximum absolute atomic E-state index is 6.10. The zero-order valence-corrected chi connectivity index (χ0v) is 10.9. The number of hydrogen-bond donors (Lipinski definition) is 0. The van der Waals surface area contributed by atoms with Crippen LogP contribution in [-0.2, 0) is 5.41 Å². The van der Waals surface area contributed by atoms with Crippen LogP contribution < -0.4 is 0 Å². The highest BCUT2D eigenvalue weighted by Gasteiger charge is 2.17. The highest BCUT2D eigenvalue weighted by molar-refractivity contribution is 6.30. The number of aryl methyl sites for hydroxylation is 1. The second kappa shape index (κ2) is 3.74. The molecule has 16 heavy (non-hydrogen) atoms. The Hall–Kier alpha value is -1.08. The first-order valence-electron chi connectivity index (χ1n) is 5.46. The summed E-state index contributed by atoms with van der Waals surface area (Å²) in [6, 6.07) is 8.39. The molecule has 0 radical (unpaired) electrons. The summed E-state index contributed by atoms with van der Waals surface area (Å²) in [7, 11) is 0. The molecule has 0 aliphatic heterocycles. The molecule has 2 rings (SSSR count). The number of aromatic nitrogens is 1. The number of rotatable bonds is 0. The predicted molar refractivity (Wildman–Crippen MR) is 70.2 cm³/mol. The third kappa shape index (κ3) is 1.92. The summed E-state index contributed by atoms with van der Waals surface area (Å²) in [5.41, 5.74) is 3.38. The molecule has 0 aliphatic rings. The number of nitrogens with zero attached hydrogens (tertiary/aromatic N) is 1. The van der Waals surface area contributed by atoms with Crippen molar-refractivity contribution in [1.82, 2.24) is 4.98 Å². The lowest BCUT2D eigenvalue weighted by Gasteiger charge is -2.20. The molecule has 1 aromatic heterocycles. The van der Waals surface area contributed by atoms with Crippen LogP contribution in [0.25, 0.3) is 10.9 Å². The number of halogens is 1. The molecule has 1 nitrogen and oxygen atoms in total. The minimum Gasteiger partial charge on any atom is -0.236 e. The molecular weight excluding hydrogens is 218 g/mol. The summed E-state index contributed by atoms with van der Waals surface area (Å²) >= 11 is 6.10. The number of fused-ring (bicyclic) bond motifs is 1. The van der Waals surface area contributed by atoms with Gasteiger partial charge in [-0.25, -0.2) is 4.98 Å². The van der Waals surface area contributed by atoms with E-state index in [-0.39, 0.29) is 5.41 Å². The molecule has 2 heteroatoms. The van der Waals surface area contributed by atoms with E-state index in [9.17, 15) is 0 Å². The van der Waals surface area contributed by atoms with Crippen LogP contribution in [0.5, 0.6) is 0 Å². The second-order valence-corrected chi connectivity index (χ2v) is 5.58. The van der Waals surface area contributed by atoms with Gasteiger partial charge in [0, 0.05) is 5.39 Å². The maximum atomic E-state index is 6.10. The molecule has 2 aromatic rings. The third-order valence-electron chi connectivity index (χ3n) is 2.78. The monoisotopic (exact) mass is 233 g/mol. The van der Waals surface area contributed by atoms with Crippen molar-refractivity contribution in [2.24, 2.45) is 0 Å². The van der Waals surface area contributed by atoms with Crippen LogP contribution in [0.15, 0.2) is 24.3 Å². The van der Waals surface area contributed by atoms with Crippen molar-refractivity contribution in [1.29, 1.82) is 0 Å². The molecule has 0 saturated carbocycles. The van der Waals surface area contributed by atoms with E-state index in [0.717, 1.165) is 16.5 Å². The first-order chi connectivity index (χ1) is 7.39. The number of benzene rings is 1. The molecule has 0 atom stereocenters. The van der Waals surface area contributed by atoms with Gasteiger partial charge in [-0.1, -0.05) is 50.6 Å².